The van der Waals surface area contributed by atoms with E-state index in [1.165, 1.54) is 6.07 Å². The van der Waals surface area contributed by atoms with Crippen molar-refractivity contribution in [3.05, 3.63) is 45.2 Å². The number of aryl methyl sites for hydroxylation is 1. The molecule has 9 nitrogen and oxygen atoms in total. The molecule has 0 saturated carbocycles. The van der Waals surface area contributed by atoms with E-state index in [-0.39, 0.29) is 39.8 Å². The standard InChI is InChI=1S/C19H21Cl2N5O4.ClH/c1-9-15(20)16(21)17(24-9)19(30)25-12-3-2-10(18(29)23-7-14(27)28)6-13(12)26-5-4-11(22)8-26;/h2-3,6,11,24H,4-5,7-8,22H2,1H3,(H,23,29)(H,25,30)(H,27,28);1H/t11-;/m1./s1. The highest BCUT2D eigenvalue weighted by Gasteiger charge is 2.25. The van der Waals surface area contributed by atoms with E-state index < -0.39 is 24.3 Å². The van der Waals surface area contributed by atoms with Gasteiger partial charge >= 0.3 is 5.97 Å². The highest BCUT2D eigenvalue weighted by molar-refractivity contribution is 6.44. The predicted molar refractivity (Wildman–Crippen MR) is 122 cm³/mol. The number of aromatic amines is 1. The van der Waals surface area contributed by atoms with E-state index >= 15 is 0 Å². The average Bonchev–Trinajstić information content (AvgIpc) is 3.25. The van der Waals surface area contributed by atoms with E-state index in [9.17, 15) is 14.4 Å². The molecule has 1 saturated heterocycles. The van der Waals surface area contributed by atoms with Gasteiger partial charge in [0.15, 0.2) is 0 Å². The number of carbonyl (C=O) groups excluding carboxylic acids is 2. The first kappa shape index (κ1) is 24.8. The number of rotatable bonds is 6. The maximum Gasteiger partial charge on any atom is 0.322 e. The molecule has 0 radical (unpaired) electrons. The summed E-state index contributed by atoms with van der Waals surface area (Å²) >= 11 is 12.2. The van der Waals surface area contributed by atoms with E-state index in [0.29, 0.717) is 30.2 Å². The molecule has 0 unspecified atom stereocenters. The fourth-order valence-corrected chi connectivity index (χ4v) is 3.63. The molecule has 1 aliphatic heterocycles. The van der Waals surface area contributed by atoms with Crippen molar-refractivity contribution in [1.29, 1.82) is 0 Å². The van der Waals surface area contributed by atoms with Crippen molar-refractivity contribution >= 4 is 64.8 Å². The SMILES string of the molecule is Cc1[nH]c(C(=O)Nc2ccc(C(=O)NCC(=O)O)cc2N2CC[C@@H](N)C2)c(Cl)c1Cl.Cl. The maximum atomic E-state index is 12.8. The number of aliphatic carboxylic acids is 1. The summed E-state index contributed by atoms with van der Waals surface area (Å²) in [6.07, 6.45) is 0.764. The van der Waals surface area contributed by atoms with Crippen LogP contribution in [0, 0.1) is 6.92 Å². The number of nitrogens with one attached hydrogen (secondary N) is 3. The van der Waals surface area contributed by atoms with Gasteiger partial charge < -0.3 is 31.4 Å². The Kier molecular flexibility index (Phi) is 8.19. The molecule has 168 valence electrons. The molecular weight excluding hydrogens is 469 g/mol. The van der Waals surface area contributed by atoms with Crippen molar-refractivity contribution in [3.8, 4) is 0 Å². The fraction of sp³-hybridized carbons (Fsp3) is 0.316. The second kappa shape index (κ2) is 10.2. The molecule has 1 atom stereocenters. The number of amides is 2. The van der Waals surface area contributed by atoms with Crippen molar-refractivity contribution in [1.82, 2.24) is 10.3 Å². The number of hydrogen-bond acceptors (Lipinski definition) is 5. The minimum Gasteiger partial charge on any atom is -0.480 e. The van der Waals surface area contributed by atoms with Gasteiger partial charge in [-0.3, -0.25) is 14.4 Å². The Morgan fingerprint density at radius 1 is 1.26 bits per heavy atom. The third kappa shape index (κ3) is 5.62. The molecule has 1 fully saturated rings. The largest absolute Gasteiger partial charge is 0.480 e. The highest BCUT2D eigenvalue weighted by atomic mass is 35.5. The van der Waals surface area contributed by atoms with E-state index in [1.54, 1.807) is 19.1 Å². The Hall–Kier alpha value is -2.46. The first-order valence-electron chi connectivity index (χ1n) is 9.16. The lowest BCUT2D eigenvalue weighted by molar-refractivity contribution is -0.135. The Morgan fingerprint density at radius 2 is 1.97 bits per heavy atom. The molecule has 2 amide bonds. The van der Waals surface area contributed by atoms with Crippen LogP contribution in [0.5, 0.6) is 0 Å². The van der Waals surface area contributed by atoms with Crippen LogP contribution in [0.25, 0.3) is 0 Å². The lowest BCUT2D eigenvalue weighted by Gasteiger charge is -2.23. The van der Waals surface area contributed by atoms with E-state index in [2.05, 4.69) is 15.6 Å². The van der Waals surface area contributed by atoms with Gasteiger partial charge in [-0.1, -0.05) is 23.2 Å². The normalized spacial score (nSPS) is 15.4. The average molecular weight is 491 g/mol. The minimum atomic E-state index is -1.14. The zero-order valence-corrected chi connectivity index (χ0v) is 18.8. The second-order valence-electron chi connectivity index (χ2n) is 7.01. The van der Waals surface area contributed by atoms with Gasteiger partial charge in [-0.2, -0.15) is 0 Å². The molecule has 1 aromatic heterocycles. The number of benzene rings is 1. The van der Waals surface area contributed by atoms with Crippen LogP contribution < -0.4 is 21.3 Å². The fourth-order valence-electron chi connectivity index (χ4n) is 3.22. The number of anilines is 2. The van der Waals surface area contributed by atoms with Crippen LogP contribution >= 0.6 is 35.6 Å². The van der Waals surface area contributed by atoms with Crippen LogP contribution in [0.3, 0.4) is 0 Å². The van der Waals surface area contributed by atoms with Crippen molar-refractivity contribution in [3.63, 3.8) is 0 Å². The van der Waals surface area contributed by atoms with Gasteiger partial charge in [0.05, 0.1) is 21.4 Å². The highest BCUT2D eigenvalue weighted by Crippen LogP contribution is 2.33. The Balaban J connectivity index is 0.00000341. The predicted octanol–water partition coefficient (Wildman–Crippen LogP) is 2.66. The third-order valence-corrected chi connectivity index (χ3v) is 5.70. The molecule has 31 heavy (non-hydrogen) atoms. The van der Waals surface area contributed by atoms with Gasteiger partial charge in [-0.15, -0.1) is 12.4 Å². The zero-order valence-electron chi connectivity index (χ0n) is 16.5. The number of carboxylic acid groups (broad SMARTS) is 1. The summed E-state index contributed by atoms with van der Waals surface area (Å²) in [6, 6.07) is 4.65. The maximum absolute atomic E-state index is 12.8. The molecule has 0 spiro atoms. The monoisotopic (exact) mass is 489 g/mol. The topological polar surface area (TPSA) is 141 Å². The Labute approximate surface area is 194 Å². The number of carbonyl (C=O) groups is 3. The number of nitrogens with zero attached hydrogens (tertiary/aromatic N) is 1. The van der Waals surface area contributed by atoms with Crippen molar-refractivity contribution in [2.24, 2.45) is 5.73 Å². The lowest BCUT2D eigenvalue weighted by atomic mass is 10.1. The van der Waals surface area contributed by atoms with Gasteiger partial charge in [0.1, 0.15) is 12.2 Å². The quantitative estimate of drug-likeness (QED) is 0.422. The van der Waals surface area contributed by atoms with Crippen LogP contribution in [0.15, 0.2) is 18.2 Å². The number of aromatic nitrogens is 1. The van der Waals surface area contributed by atoms with Crippen LogP contribution in [0.1, 0.15) is 33.0 Å². The molecule has 3 rings (SSSR count). The van der Waals surface area contributed by atoms with Crippen molar-refractivity contribution < 1.29 is 19.5 Å². The number of hydrogen-bond donors (Lipinski definition) is 5. The van der Waals surface area contributed by atoms with Gasteiger partial charge in [0.2, 0.25) is 0 Å². The molecule has 1 aromatic carbocycles. The van der Waals surface area contributed by atoms with E-state index in [1.807, 2.05) is 4.90 Å². The molecule has 2 aromatic rings. The smallest absolute Gasteiger partial charge is 0.322 e. The van der Waals surface area contributed by atoms with E-state index in [4.69, 9.17) is 34.0 Å². The van der Waals surface area contributed by atoms with Crippen LogP contribution in [0.2, 0.25) is 10.0 Å². The summed E-state index contributed by atoms with van der Waals surface area (Å²) in [6.45, 7) is 2.41. The molecule has 0 bridgehead atoms. The number of halogens is 3. The van der Waals surface area contributed by atoms with Crippen molar-refractivity contribution in [2.45, 2.75) is 19.4 Å². The Bertz CT molecular complexity index is 1010. The summed E-state index contributed by atoms with van der Waals surface area (Å²) in [4.78, 5) is 40.6. The third-order valence-electron chi connectivity index (χ3n) is 4.75. The first-order valence-corrected chi connectivity index (χ1v) is 9.92. The number of carboxylic acids is 1. The Morgan fingerprint density at radius 3 is 2.52 bits per heavy atom. The van der Waals surface area contributed by atoms with Gasteiger partial charge in [0.25, 0.3) is 11.8 Å². The molecule has 2 heterocycles. The van der Waals surface area contributed by atoms with E-state index in [0.717, 1.165) is 6.42 Å². The summed E-state index contributed by atoms with van der Waals surface area (Å²) < 4.78 is 0. The summed E-state index contributed by atoms with van der Waals surface area (Å²) in [5.41, 5.74) is 8.04. The van der Waals surface area contributed by atoms with Gasteiger partial charge in [0, 0.05) is 30.4 Å². The van der Waals surface area contributed by atoms with Gasteiger partial charge in [-0.25, -0.2) is 0 Å². The van der Waals surface area contributed by atoms with Crippen LogP contribution in [-0.4, -0.2) is 53.6 Å². The molecule has 0 aliphatic carbocycles. The summed E-state index contributed by atoms with van der Waals surface area (Å²) in [7, 11) is 0. The first-order chi connectivity index (χ1) is 14.2. The molecule has 1 aliphatic rings. The molecular formula is C19H22Cl3N5O4. The van der Waals surface area contributed by atoms with Gasteiger partial charge in [-0.05, 0) is 31.5 Å². The number of nitrogens with two attached hydrogens (primary N) is 1. The van der Waals surface area contributed by atoms with Crippen molar-refractivity contribution in [2.75, 3.05) is 29.9 Å². The van der Waals surface area contributed by atoms with Crippen LogP contribution in [0.4, 0.5) is 11.4 Å². The summed E-state index contributed by atoms with van der Waals surface area (Å²) in [5.74, 6) is -2.16. The zero-order chi connectivity index (χ0) is 22.0. The van der Waals surface area contributed by atoms with Crippen LogP contribution in [-0.2, 0) is 4.79 Å². The second-order valence-corrected chi connectivity index (χ2v) is 7.77. The summed E-state index contributed by atoms with van der Waals surface area (Å²) in [5, 5.41) is 14.3. The molecule has 6 N–H and O–H groups in total. The minimum absolute atomic E-state index is 0. The number of H-pyrrole nitrogens is 1. The molecule has 12 heteroatoms. The lowest BCUT2D eigenvalue weighted by Crippen LogP contribution is -2.30.